The van der Waals surface area contributed by atoms with Crippen LogP contribution >= 0.6 is 0 Å². The second-order valence-corrected chi connectivity index (χ2v) is 3.73. The van der Waals surface area contributed by atoms with Crippen LogP contribution in [0.25, 0.3) is 0 Å². The Morgan fingerprint density at radius 3 is 2.69 bits per heavy atom. The summed E-state index contributed by atoms with van der Waals surface area (Å²) < 4.78 is 34.9. The molecule has 1 aromatic rings. The van der Waals surface area contributed by atoms with Crippen molar-refractivity contribution in [3.63, 3.8) is 0 Å². The molecule has 1 rings (SSSR count). The molecule has 13 heavy (non-hydrogen) atoms. The van der Waals surface area contributed by atoms with Crippen LogP contribution in [0.15, 0.2) is 21.8 Å². The van der Waals surface area contributed by atoms with Gasteiger partial charge in [0.15, 0.2) is 6.21 Å². The molecular formula is C6H7NO5S. The van der Waals surface area contributed by atoms with E-state index in [2.05, 4.69) is 4.42 Å². The van der Waals surface area contributed by atoms with Gasteiger partial charge in [-0.1, -0.05) is 0 Å². The van der Waals surface area contributed by atoms with Gasteiger partial charge >= 0.3 is 0 Å². The lowest BCUT2D eigenvalue weighted by Gasteiger charge is -1.94. The lowest BCUT2D eigenvalue weighted by molar-refractivity contribution is -0.416. The third-order valence-corrected chi connectivity index (χ3v) is 2.14. The number of nitrogens with zero attached hydrogens (tertiary/aromatic N) is 1. The Bertz CT molecular complexity index is 426. The highest BCUT2D eigenvalue weighted by Crippen LogP contribution is 2.14. The van der Waals surface area contributed by atoms with Gasteiger partial charge in [0, 0.05) is 0 Å². The summed E-state index contributed by atoms with van der Waals surface area (Å²) in [4.78, 5) is -0.421. The summed E-state index contributed by atoms with van der Waals surface area (Å²) >= 11 is 0. The highest BCUT2D eigenvalue weighted by Gasteiger charge is 2.18. The van der Waals surface area contributed by atoms with E-state index < -0.39 is 15.0 Å². The summed E-state index contributed by atoms with van der Waals surface area (Å²) in [5, 5.41) is 10.5. The molecule has 0 aliphatic heterocycles. The van der Waals surface area contributed by atoms with Gasteiger partial charge in [-0.05, 0) is 0 Å². The maximum Gasteiger partial charge on any atom is 0.298 e. The summed E-state index contributed by atoms with van der Waals surface area (Å²) in [6, 6.07) is 0. The van der Waals surface area contributed by atoms with Crippen LogP contribution in [-0.2, 0) is 10.1 Å². The molecule has 0 aromatic carbocycles. The summed E-state index contributed by atoms with van der Waals surface area (Å²) in [5.41, 5.74) is 0.0139. The van der Waals surface area contributed by atoms with Crippen LogP contribution in [0.2, 0.25) is 0 Å². The van der Waals surface area contributed by atoms with E-state index in [1.165, 1.54) is 7.05 Å². The molecular weight excluding hydrogens is 198 g/mol. The highest BCUT2D eigenvalue weighted by molar-refractivity contribution is 7.86. The molecule has 7 heteroatoms. The number of rotatable bonds is 2. The van der Waals surface area contributed by atoms with Crippen molar-refractivity contribution in [1.29, 1.82) is 0 Å². The van der Waals surface area contributed by atoms with Crippen LogP contribution in [0.3, 0.4) is 0 Å². The van der Waals surface area contributed by atoms with E-state index >= 15 is 0 Å². The number of furan rings is 1. The SMILES string of the molecule is C[N+]([O-])=Cc1cocc1S(=O)(=O)O. The van der Waals surface area contributed by atoms with E-state index in [0.717, 1.165) is 18.7 Å². The van der Waals surface area contributed by atoms with Crippen LogP contribution in [-0.4, -0.2) is 31.0 Å². The van der Waals surface area contributed by atoms with Gasteiger partial charge in [0.2, 0.25) is 0 Å². The van der Waals surface area contributed by atoms with E-state index in [1.54, 1.807) is 0 Å². The fourth-order valence-electron chi connectivity index (χ4n) is 0.795. The third kappa shape index (κ3) is 2.30. The van der Waals surface area contributed by atoms with E-state index in [9.17, 15) is 13.6 Å². The molecule has 6 nitrogen and oxygen atoms in total. The monoisotopic (exact) mass is 205 g/mol. The average Bonchev–Trinajstić information content (AvgIpc) is 2.31. The van der Waals surface area contributed by atoms with Crippen LogP contribution in [0.5, 0.6) is 0 Å². The molecule has 0 aliphatic rings. The lowest BCUT2D eigenvalue weighted by atomic mass is 10.4. The molecule has 0 atom stereocenters. The Morgan fingerprint density at radius 1 is 1.62 bits per heavy atom. The van der Waals surface area contributed by atoms with Crippen molar-refractivity contribution < 1.29 is 22.1 Å². The van der Waals surface area contributed by atoms with Gasteiger partial charge in [0.25, 0.3) is 10.1 Å². The molecule has 0 aliphatic carbocycles. The molecule has 1 N–H and O–H groups in total. The molecule has 0 fully saturated rings. The zero-order valence-corrected chi connectivity index (χ0v) is 7.48. The van der Waals surface area contributed by atoms with Crippen LogP contribution in [0.4, 0.5) is 0 Å². The van der Waals surface area contributed by atoms with Crippen molar-refractivity contribution in [2.24, 2.45) is 0 Å². The van der Waals surface area contributed by atoms with Crippen molar-refractivity contribution in [2.45, 2.75) is 4.90 Å². The van der Waals surface area contributed by atoms with Crippen molar-refractivity contribution in [2.75, 3.05) is 7.05 Å². The number of hydrogen-bond acceptors (Lipinski definition) is 4. The number of hydrogen-bond donors (Lipinski definition) is 1. The highest BCUT2D eigenvalue weighted by atomic mass is 32.2. The van der Waals surface area contributed by atoms with E-state index in [0.29, 0.717) is 4.74 Å². The predicted octanol–water partition coefficient (Wildman–Crippen LogP) is 0.0853. The van der Waals surface area contributed by atoms with Gasteiger partial charge in [-0.15, -0.1) is 0 Å². The van der Waals surface area contributed by atoms with Crippen molar-refractivity contribution in [3.8, 4) is 0 Å². The van der Waals surface area contributed by atoms with E-state index in [-0.39, 0.29) is 5.56 Å². The lowest BCUT2D eigenvalue weighted by Crippen LogP contribution is -2.03. The molecule has 0 spiro atoms. The molecule has 0 saturated heterocycles. The molecule has 72 valence electrons. The maximum absolute atomic E-state index is 10.7. The van der Waals surface area contributed by atoms with Crippen molar-refractivity contribution in [1.82, 2.24) is 0 Å². The quantitative estimate of drug-likeness (QED) is 0.243. The topological polar surface area (TPSA) is 93.6 Å². The van der Waals surface area contributed by atoms with Gasteiger partial charge in [0.05, 0.1) is 5.56 Å². The largest absolute Gasteiger partial charge is 0.624 e. The Morgan fingerprint density at radius 2 is 2.23 bits per heavy atom. The zero-order valence-electron chi connectivity index (χ0n) is 6.67. The Kier molecular flexibility index (Phi) is 2.39. The Balaban J connectivity index is 3.27. The van der Waals surface area contributed by atoms with Crippen LogP contribution in [0.1, 0.15) is 5.56 Å². The first-order valence-corrected chi connectivity index (χ1v) is 4.64. The average molecular weight is 205 g/mol. The molecule has 1 aromatic heterocycles. The van der Waals surface area contributed by atoms with Crippen LogP contribution in [0, 0.1) is 5.21 Å². The molecule has 0 unspecified atom stereocenters. The first-order chi connectivity index (χ1) is 5.91. The zero-order chi connectivity index (χ0) is 10.1. The first-order valence-electron chi connectivity index (χ1n) is 3.20. The molecule has 0 radical (unpaired) electrons. The summed E-state index contributed by atoms with van der Waals surface area (Å²) in [6.45, 7) is 0. The van der Waals surface area contributed by atoms with Gasteiger partial charge in [-0.3, -0.25) is 4.55 Å². The molecule has 0 saturated carbocycles. The molecule has 0 amide bonds. The second-order valence-electron chi connectivity index (χ2n) is 2.34. The smallest absolute Gasteiger partial charge is 0.298 e. The third-order valence-electron chi connectivity index (χ3n) is 1.25. The summed E-state index contributed by atoms with van der Waals surface area (Å²) in [5.74, 6) is 0. The van der Waals surface area contributed by atoms with Crippen molar-refractivity contribution in [3.05, 3.63) is 23.3 Å². The first kappa shape index (κ1) is 9.75. The molecule has 1 heterocycles. The molecule has 0 bridgehead atoms. The van der Waals surface area contributed by atoms with Gasteiger partial charge < -0.3 is 9.62 Å². The minimum atomic E-state index is -4.33. The predicted molar refractivity (Wildman–Crippen MR) is 43.2 cm³/mol. The Hall–Kier alpha value is -1.34. The normalized spacial score (nSPS) is 13.2. The Labute approximate surface area is 74.4 Å². The van der Waals surface area contributed by atoms with Gasteiger partial charge in [0.1, 0.15) is 24.5 Å². The maximum atomic E-state index is 10.7. The van der Waals surface area contributed by atoms with E-state index in [1.807, 2.05) is 0 Å². The van der Waals surface area contributed by atoms with Crippen LogP contribution < -0.4 is 0 Å². The minimum absolute atomic E-state index is 0.0139. The summed E-state index contributed by atoms with van der Waals surface area (Å²) in [6.07, 6.45) is 2.88. The standard InChI is InChI=1S/C6H7NO5S/c1-7(8)2-5-3-12-4-6(5)13(9,10)11/h2-4H,1H3,(H,9,10,11). The number of hydroxylamine groups is 1. The van der Waals surface area contributed by atoms with E-state index in [4.69, 9.17) is 4.55 Å². The van der Waals surface area contributed by atoms with Gasteiger partial charge in [-0.2, -0.15) is 8.42 Å². The fourth-order valence-corrected chi connectivity index (χ4v) is 1.37. The van der Waals surface area contributed by atoms with Crippen molar-refractivity contribution >= 4 is 16.3 Å². The van der Waals surface area contributed by atoms with Gasteiger partial charge in [-0.25, -0.2) is 4.74 Å². The fraction of sp³-hybridized carbons (Fsp3) is 0.167. The minimum Gasteiger partial charge on any atom is -0.624 e. The summed E-state index contributed by atoms with van der Waals surface area (Å²) in [7, 11) is -3.14. The second kappa shape index (κ2) is 3.19.